The molecule has 27 heavy (non-hydrogen) atoms. The highest BCUT2D eigenvalue weighted by atomic mass is 127. The molecule has 0 spiro atoms. The number of halogens is 1. The van der Waals surface area contributed by atoms with Crippen LogP contribution in [0.3, 0.4) is 0 Å². The molecule has 0 atom stereocenters. The second kappa shape index (κ2) is 12.3. The highest BCUT2D eigenvalue weighted by Gasteiger charge is 2.36. The zero-order chi connectivity index (χ0) is 18.8. The predicted molar refractivity (Wildman–Crippen MR) is 121 cm³/mol. The molecule has 6 nitrogen and oxygen atoms in total. The topological polar surface area (TPSA) is 75.1 Å². The molecule has 1 aromatic carbocycles. The first kappa shape index (κ1) is 23.8. The highest BCUT2D eigenvalue weighted by molar-refractivity contribution is 14.0. The number of rotatable bonds is 10. The Bertz CT molecular complexity index is 592. The summed E-state index contributed by atoms with van der Waals surface area (Å²) in [5, 5.41) is 16.4. The van der Waals surface area contributed by atoms with Gasteiger partial charge in [0.1, 0.15) is 0 Å². The molecule has 0 radical (unpaired) electrons. The molecular formula is C20H34IN3O3. The third-order valence-corrected chi connectivity index (χ3v) is 5.12. The fourth-order valence-corrected chi connectivity index (χ4v) is 3.27. The molecular weight excluding hydrogens is 457 g/mol. The van der Waals surface area contributed by atoms with E-state index in [0.717, 1.165) is 50.6 Å². The standard InChI is InChI=1S/C20H33N3O3.HI/c1-4-21-19(23-15-20(9-5-10-20)11-13-25-2)22-12-8-16-6-7-17(24)18(14-16)26-3;/h6-7,14,24H,4-5,8-13,15H2,1-3H3,(H2,21,22,23);1H. The van der Waals surface area contributed by atoms with Crippen LogP contribution in [0.2, 0.25) is 0 Å². The number of nitrogens with zero attached hydrogens (tertiary/aromatic N) is 1. The lowest BCUT2D eigenvalue weighted by molar-refractivity contribution is 0.0778. The second-order valence-corrected chi connectivity index (χ2v) is 6.97. The normalized spacial score (nSPS) is 15.4. The van der Waals surface area contributed by atoms with E-state index in [1.807, 2.05) is 12.1 Å². The predicted octanol–water partition coefficient (Wildman–Crippen LogP) is 3.32. The Hall–Kier alpha value is -1.22. The molecule has 1 aliphatic carbocycles. The SMILES string of the molecule is CCNC(=NCC1(CCOC)CCC1)NCCc1ccc(O)c(OC)c1.I. The quantitative estimate of drug-likeness (QED) is 0.266. The zero-order valence-electron chi connectivity index (χ0n) is 16.7. The molecule has 1 aliphatic rings. The lowest BCUT2D eigenvalue weighted by atomic mass is 9.67. The van der Waals surface area contributed by atoms with Crippen LogP contribution in [0.4, 0.5) is 0 Å². The third kappa shape index (κ3) is 7.37. The number of hydrogen-bond acceptors (Lipinski definition) is 4. The van der Waals surface area contributed by atoms with Gasteiger partial charge >= 0.3 is 0 Å². The first-order valence-corrected chi connectivity index (χ1v) is 9.49. The molecule has 1 saturated carbocycles. The monoisotopic (exact) mass is 491 g/mol. The van der Waals surface area contributed by atoms with Gasteiger partial charge in [0.15, 0.2) is 17.5 Å². The van der Waals surface area contributed by atoms with E-state index in [-0.39, 0.29) is 29.7 Å². The van der Waals surface area contributed by atoms with Crippen molar-refractivity contribution in [3.05, 3.63) is 23.8 Å². The number of benzene rings is 1. The molecule has 3 N–H and O–H groups in total. The van der Waals surface area contributed by atoms with Crippen molar-refractivity contribution in [2.24, 2.45) is 10.4 Å². The van der Waals surface area contributed by atoms with Gasteiger partial charge in [-0.1, -0.05) is 12.5 Å². The minimum absolute atomic E-state index is 0. The molecule has 2 rings (SSSR count). The van der Waals surface area contributed by atoms with E-state index >= 15 is 0 Å². The summed E-state index contributed by atoms with van der Waals surface area (Å²) in [4.78, 5) is 4.81. The van der Waals surface area contributed by atoms with Crippen LogP contribution >= 0.6 is 24.0 Å². The van der Waals surface area contributed by atoms with Crippen molar-refractivity contribution in [1.82, 2.24) is 10.6 Å². The summed E-state index contributed by atoms with van der Waals surface area (Å²) in [6.45, 7) is 5.34. The summed E-state index contributed by atoms with van der Waals surface area (Å²) in [5.41, 5.74) is 1.43. The summed E-state index contributed by atoms with van der Waals surface area (Å²) in [6, 6.07) is 5.45. The van der Waals surface area contributed by atoms with Crippen LogP contribution < -0.4 is 15.4 Å². The van der Waals surface area contributed by atoms with E-state index in [2.05, 4.69) is 17.6 Å². The Labute approximate surface area is 180 Å². The molecule has 0 aromatic heterocycles. The summed E-state index contributed by atoms with van der Waals surface area (Å²) in [7, 11) is 3.33. The molecule has 154 valence electrons. The first-order chi connectivity index (χ1) is 12.6. The zero-order valence-corrected chi connectivity index (χ0v) is 19.0. The summed E-state index contributed by atoms with van der Waals surface area (Å²) in [5.74, 6) is 1.54. The van der Waals surface area contributed by atoms with Crippen LogP contribution in [0.25, 0.3) is 0 Å². The largest absolute Gasteiger partial charge is 0.504 e. The van der Waals surface area contributed by atoms with Gasteiger partial charge < -0.3 is 25.2 Å². The van der Waals surface area contributed by atoms with Gasteiger partial charge in [-0.25, -0.2) is 0 Å². The molecule has 0 bridgehead atoms. The lowest BCUT2D eigenvalue weighted by Crippen LogP contribution is -2.41. The van der Waals surface area contributed by atoms with Crippen LogP contribution in [0.5, 0.6) is 11.5 Å². The van der Waals surface area contributed by atoms with Crippen LogP contribution in [-0.4, -0.2) is 51.5 Å². The Morgan fingerprint density at radius 2 is 2.04 bits per heavy atom. The number of methoxy groups -OCH3 is 2. The van der Waals surface area contributed by atoms with Crippen molar-refractivity contribution >= 4 is 29.9 Å². The minimum atomic E-state index is 0. The summed E-state index contributed by atoms with van der Waals surface area (Å²) >= 11 is 0. The number of phenolic OH excluding ortho intramolecular Hbond substituents is 1. The minimum Gasteiger partial charge on any atom is -0.504 e. The van der Waals surface area contributed by atoms with Crippen LogP contribution in [0.1, 0.15) is 38.2 Å². The van der Waals surface area contributed by atoms with Crippen molar-refractivity contribution in [1.29, 1.82) is 0 Å². The van der Waals surface area contributed by atoms with E-state index in [0.29, 0.717) is 11.2 Å². The molecule has 0 unspecified atom stereocenters. The lowest BCUT2D eigenvalue weighted by Gasteiger charge is -2.40. The van der Waals surface area contributed by atoms with Gasteiger partial charge in [0, 0.05) is 33.4 Å². The molecule has 0 amide bonds. The molecule has 7 heteroatoms. The molecule has 1 fully saturated rings. The van der Waals surface area contributed by atoms with Gasteiger partial charge in [0.25, 0.3) is 0 Å². The van der Waals surface area contributed by atoms with Gasteiger partial charge in [-0.05, 0) is 55.7 Å². The fourth-order valence-electron chi connectivity index (χ4n) is 3.27. The number of nitrogens with one attached hydrogen (secondary N) is 2. The Morgan fingerprint density at radius 3 is 2.63 bits per heavy atom. The highest BCUT2D eigenvalue weighted by Crippen LogP contribution is 2.44. The van der Waals surface area contributed by atoms with E-state index < -0.39 is 0 Å². The second-order valence-electron chi connectivity index (χ2n) is 6.97. The fraction of sp³-hybridized carbons (Fsp3) is 0.650. The third-order valence-electron chi connectivity index (χ3n) is 5.12. The number of aliphatic imine (C=N–C) groups is 1. The van der Waals surface area contributed by atoms with Crippen molar-refractivity contribution in [2.45, 2.75) is 39.0 Å². The van der Waals surface area contributed by atoms with E-state index in [4.69, 9.17) is 14.5 Å². The van der Waals surface area contributed by atoms with Gasteiger partial charge in [0.2, 0.25) is 0 Å². The van der Waals surface area contributed by atoms with Crippen molar-refractivity contribution in [3.8, 4) is 11.5 Å². The summed E-state index contributed by atoms with van der Waals surface area (Å²) < 4.78 is 10.4. The van der Waals surface area contributed by atoms with Gasteiger partial charge in [-0.2, -0.15) is 0 Å². The van der Waals surface area contributed by atoms with Gasteiger partial charge in [-0.15, -0.1) is 24.0 Å². The Balaban J connectivity index is 0.00000364. The van der Waals surface area contributed by atoms with Crippen LogP contribution in [-0.2, 0) is 11.2 Å². The van der Waals surface area contributed by atoms with Crippen molar-refractivity contribution in [3.63, 3.8) is 0 Å². The number of hydrogen-bond donors (Lipinski definition) is 3. The Kier molecular flexibility index (Phi) is 10.8. The number of aromatic hydroxyl groups is 1. The molecule has 0 aliphatic heterocycles. The average Bonchev–Trinajstić information content (AvgIpc) is 2.61. The first-order valence-electron chi connectivity index (χ1n) is 9.49. The number of ether oxygens (including phenoxy) is 2. The molecule has 1 aromatic rings. The number of phenols is 1. The smallest absolute Gasteiger partial charge is 0.191 e. The maximum absolute atomic E-state index is 9.68. The van der Waals surface area contributed by atoms with E-state index in [9.17, 15) is 5.11 Å². The Morgan fingerprint density at radius 1 is 1.26 bits per heavy atom. The molecule has 0 saturated heterocycles. The van der Waals surface area contributed by atoms with Gasteiger partial charge in [-0.3, -0.25) is 4.99 Å². The van der Waals surface area contributed by atoms with Crippen molar-refractivity contribution < 1.29 is 14.6 Å². The maximum Gasteiger partial charge on any atom is 0.191 e. The van der Waals surface area contributed by atoms with Crippen LogP contribution in [0, 0.1) is 5.41 Å². The van der Waals surface area contributed by atoms with Crippen LogP contribution in [0.15, 0.2) is 23.2 Å². The average molecular weight is 491 g/mol. The van der Waals surface area contributed by atoms with E-state index in [1.54, 1.807) is 20.3 Å². The number of guanidine groups is 1. The van der Waals surface area contributed by atoms with Gasteiger partial charge in [0.05, 0.1) is 7.11 Å². The molecule has 0 heterocycles. The summed E-state index contributed by atoms with van der Waals surface area (Å²) in [6.07, 6.45) is 5.70. The van der Waals surface area contributed by atoms with Crippen molar-refractivity contribution in [2.75, 3.05) is 40.5 Å². The van der Waals surface area contributed by atoms with E-state index in [1.165, 1.54) is 19.3 Å². The maximum atomic E-state index is 9.68.